The number of hydrogen-bond donors (Lipinski definition) is 2. The largest absolute Gasteiger partial charge is 0.416 e. The van der Waals surface area contributed by atoms with Gasteiger partial charge >= 0.3 is 6.18 Å². The molecule has 0 aromatic heterocycles. The number of alkyl halides is 3. The van der Waals surface area contributed by atoms with Crippen LogP contribution < -0.4 is 10.6 Å². The van der Waals surface area contributed by atoms with Gasteiger partial charge in [0, 0.05) is 6.04 Å². The summed E-state index contributed by atoms with van der Waals surface area (Å²) in [5.41, 5.74) is -0.647. The zero-order valence-corrected chi connectivity index (χ0v) is 11.3. The Hall–Kier alpha value is -1.01. The van der Waals surface area contributed by atoms with E-state index in [0.29, 0.717) is 0 Å². The Labute approximate surface area is 114 Å². The van der Waals surface area contributed by atoms with Gasteiger partial charge in [0.2, 0.25) is 0 Å². The van der Waals surface area contributed by atoms with Gasteiger partial charge in [-0.25, -0.2) is 0 Å². The van der Waals surface area contributed by atoms with E-state index in [4.69, 9.17) is 23.8 Å². The fourth-order valence-corrected chi connectivity index (χ4v) is 1.73. The molecule has 7 heteroatoms. The first-order chi connectivity index (χ1) is 8.20. The molecule has 0 aliphatic carbocycles. The Morgan fingerprint density at radius 1 is 1.33 bits per heavy atom. The monoisotopic (exact) mass is 296 g/mol. The Kier molecular flexibility index (Phi) is 4.81. The van der Waals surface area contributed by atoms with Crippen molar-refractivity contribution < 1.29 is 13.2 Å². The number of nitrogens with one attached hydrogen (secondary N) is 2. The van der Waals surface area contributed by atoms with Crippen LogP contribution in [-0.4, -0.2) is 11.2 Å². The maximum Gasteiger partial charge on any atom is 0.416 e. The van der Waals surface area contributed by atoms with Crippen LogP contribution in [0.5, 0.6) is 0 Å². The maximum absolute atomic E-state index is 12.5. The summed E-state index contributed by atoms with van der Waals surface area (Å²) < 4.78 is 37.6. The Balaban J connectivity index is 2.92. The predicted octanol–water partition coefficient (Wildman–Crippen LogP) is 4.05. The molecular formula is C11H12ClF3N2S. The molecular weight excluding hydrogens is 285 g/mol. The van der Waals surface area contributed by atoms with E-state index >= 15 is 0 Å². The summed E-state index contributed by atoms with van der Waals surface area (Å²) in [4.78, 5) is 0. The first-order valence-electron chi connectivity index (χ1n) is 5.14. The summed E-state index contributed by atoms with van der Waals surface area (Å²) in [6, 6.07) is 3.11. The van der Waals surface area contributed by atoms with Gasteiger partial charge in [-0.05, 0) is 44.3 Å². The van der Waals surface area contributed by atoms with Crippen molar-refractivity contribution in [1.29, 1.82) is 0 Å². The van der Waals surface area contributed by atoms with Gasteiger partial charge in [-0.1, -0.05) is 11.6 Å². The second kappa shape index (κ2) is 5.75. The molecule has 0 saturated carbocycles. The highest BCUT2D eigenvalue weighted by molar-refractivity contribution is 7.80. The number of halogens is 4. The smallest absolute Gasteiger partial charge is 0.360 e. The lowest BCUT2D eigenvalue weighted by molar-refractivity contribution is -0.137. The van der Waals surface area contributed by atoms with Crippen molar-refractivity contribution in [2.45, 2.75) is 26.1 Å². The number of rotatable bonds is 2. The lowest BCUT2D eigenvalue weighted by atomic mass is 10.2. The van der Waals surface area contributed by atoms with Crippen molar-refractivity contribution in [2.75, 3.05) is 5.32 Å². The molecule has 0 spiro atoms. The van der Waals surface area contributed by atoms with E-state index in [1.54, 1.807) is 0 Å². The molecule has 1 rings (SSSR count). The molecule has 0 fully saturated rings. The van der Waals surface area contributed by atoms with Crippen molar-refractivity contribution in [2.24, 2.45) is 0 Å². The Morgan fingerprint density at radius 2 is 1.94 bits per heavy atom. The Morgan fingerprint density at radius 3 is 2.44 bits per heavy atom. The molecule has 0 bridgehead atoms. The third-order valence-corrected chi connectivity index (χ3v) is 2.51. The Bertz CT molecular complexity index is 446. The third kappa shape index (κ3) is 4.34. The van der Waals surface area contributed by atoms with E-state index in [2.05, 4.69) is 10.6 Å². The van der Waals surface area contributed by atoms with Crippen molar-refractivity contribution >= 4 is 34.6 Å². The second-order valence-electron chi connectivity index (χ2n) is 3.95. The highest BCUT2D eigenvalue weighted by Crippen LogP contribution is 2.33. The molecule has 0 heterocycles. The van der Waals surface area contributed by atoms with Crippen LogP contribution in [0.2, 0.25) is 5.02 Å². The van der Waals surface area contributed by atoms with E-state index in [-0.39, 0.29) is 21.9 Å². The summed E-state index contributed by atoms with van der Waals surface area (Å²) in [7, 11) is 0. The van der Waals surface area contributed by atoms with E-state index < -0.39 is 11.7 Å². The molecule has 2 N–H and O–H groups in total. The first-order valence-corrected chi connectivity index (χ1v) is 5.93. The van der Waals surface area contributed by atoms with Crippen molar-refractivity contribution in [3.63, 3.8) is 0 Å². The van der Waals surface area contributed by atoms with Crippen LogP contribution in [0.15, 0.2) is 18.2 Å². The third-order valence-electron chi connectivity index (χ3n) is 1.96. The molecule has 0 aliphatic rings. The maximum atomic E-state index is 12.5. The molecule has 0 unspecified atom stereocenters. The van der Waals surface area contributed by atoms with Gasteiger partial charge in [-0.2, -0.15) is 13.2 Å². The minimum absolute atomic E-state index is 0.0783. The van der Waals surface area contributed by atoms with Gasteiger partial charge < -0.3 is 10.6 Å². The standard InChI is InChI=1S/C11H12ClF3N2S/c1-6(2)16-10(18)17-9-5-7(11(13,14)15)3-4-8(9)12/h3-6H,1-2H3,(H2,16,17,18). The van der Waals surface area contributed by atoms with E-state index in [0.717, 1.165) is 12.1 Å². The minimum Gasteiger partial charge on any atom is -0.360 e. The van der Waals surface area contributed by atoms with Gasteiger partial charge in [0.05, 0.1) is 16.3 Å². The van der Waals surface area contributed by atoms with Crippen molar-refractivity contribution in [3.8, 4) is 0 Å². The fraction of sp³-hybridized carbons (Fsp3) is 0.364. The SMILES string of the molecule is CC(C)NC(=S)Nc1cc(C(F)(F)F)ccc1Cl. The minimum atomic E-state index is -4.41. The molecule has 100 valence electrons. The van der Waals surface area contributed by atoms with Crippen LogP contribution in [0.3, 0.4) is 0 Å². The quantitative estimate of drug-likeness (QED) is 0.805. The molecule has 2 nitrogen and oxygen atoms in total. The molecule has 1 aromatic rings. The first kappa shape index (κ1) is 15.0. The van der Waals surface area contributed by atoms with E-state index in [1.165, 1.54) is 6.07 Å². The highest BCUT2D eigenvalue weighted by atomic mass is 35.5. The van der Waals surface area contributed by atoms with Gasteiger partial charge in [-0.15, -0.1) is 0 Å². The molecule has 0 atom stereocenters. The van der Waals surface area contributed by atoms with Crippen molar-refractivity contribution in [1.82, 2.24) is 5.32 Å². The molecule has 0 aliphatic heterocycles. The number of thiocarbonyl (C=S) groups is 1. The molecule has 0 amide bonds. The number of anilines is 1. The van der Waals surface area contributed by atoms with Gasteiger partial charge in [-0.3, -0.25) is 0 Å². The van der Waals surface area contributed by atoms with Crippen LogP contribution in [0.1, 0.15) is 19.4 Å². The average molecular weight is 297 g/mol. The highest BCUT2D eigenvalue weighted by Gasteiger charge is 2.31. The van der Waals surface area contributed by atoms with Crippen LogP contribution >= 0.6 is 23.8 Å². The molecule has 1 aromatic carbocycles. The van der Waals surface area contributed by atoms with Gasteiger partial charge in [0.15, 0.2) is 5.11 Å². The lowest BCUT2D eigenvalue weighted by Gasteiger charge is -2.15. The van der Waals surface area contributed by atoms with Gasteiger partial charge in [0.1, 0.15) is 0 Å². The summed E-state index contributed by atoms with van der Waals surface area (Å²) in [6.07, 6.45) is -4.41. The zero-order valence-electron chi connectivity index (χ0n) is 9.73. The topological polar surface area (TPSA) is 24.1 Å². The van der Waals surface area contributed by atoms with Crippen LogP contribution in [-0.2, 0) is 6.18 Å². The van der Waals surface area contributed by atoms with Crippen LogP contribution in [0.4, 0.5) is 18.9 Å². The molecule has 18 heavy (non-hydrogen) atoms. The fourth-order valence-electron chi connectivity index (χ4n) is 1.22. The van der Waals surface area contributed by atoms with Crippen LogP contribution in [0.25, 0.3) is 0 Å². The van der Waals surface area contributed by atoms with Crippen molar-refractivity contribution in [3.05, 3.63) is 28.8 Å². The normalized spacial score (nSPS) is 11.5. The number of benzene rings is 1. The molecule has 0 saturated heterocycles. The van der Waals surface area contributed by atoms with Crippen LogP contribution in [0, 0.1) is 0 Å². The second-order valence-corrected chi connectivity index (χ2v) is 4.76. The zero-order chi connectivity index (χ0) is 13.9. The average Bonchev–Trinajstić information content (AvgIpc) is 2.18. The van der Waals surface area contributed by atoms with E-state index in [1.807, 2.05) is 13.8 Å². The summed E-state index contributed by atoms with van der Waals surface area (Å²) in [5.74, 6) is 0. The lowest BCUT2D eigenvalue weighted by Crippen LogP contribution is -2.34. The van der Waals surface area contributed by atoms with E-state index in [9.17, 15) is 13.2 Å². The summed E-state index contributed by atoms with van der Waals surface area (Å²) in [6.45, 7) is 3.73. The molecule has 0 radical (unpaired) electrons. The van der Waals surface area contributed by atoms with Gasteiger partial charge in [0.25, 0.3) is 0 Å². The number of hydrogen-bond acceptors (Lipinski definition) is 1. The summed E-state index contributed by atoms with van der Waals surface area (Å²) >= 11 is 10.8. The predicted molar refractivity (Wildman–Crippen MR) is 70.9 cm³/mol. The summed E-state index contributed by atoms with van der Waals surface area (Å²) in [5, 5.41) is 5.90.